The summed E-state index contributed by atoms with van der Waals surface area (Å²) in [4.78, 5) is 0. The molecule has 1 aliphatic heterocycles. The SMILES string of the molecule is C1=C([N+]2=CCCCCCNCCC2)CCCCCCCCC1. The molecule has 2 heteroatoms. The van der Waals surface area contributed by atoms with E-state index in [1.54, 1.807) is 5.70 Å². The van der Waals surface area contributed by atoms with Gasteiger partial charge in [0.1, 0.15) is 12.8 Å². The Labute approximate surface area is 138 Å². The van der Waals surface area contributed by atoms with Crippen LogP contribution in [0.1, 0.15) is 89.9 Å². The maximum Gasteiger partial charge on any atom is 0.176 e. The molecule has 1 heterocycles. The van der Waals surface area contributed by atoms with Gasteiger partial charge in [-0.3, -0.25) is 0 Å². The van der Waals surface area contributed by atoms with Crippen LogP contribution in [-0.2, 0) is 0 Å². The third kappa shape index (κ3) is 7.58. The first-order chi connectivity index (χ1) is 11.0. The molecule has 22 heavy (non-hydrogen) atoms. The van der Waals surface area contributed by atoms with Gasteiger partial charge < -0.3 is 5.32 Å². The van der Waals surface area contributed by atoms with E-state index in [2.05, 4.69) is 22.2 Å². The number of allylic oxidation sites excluding steroid dienone is 2. The van der Waals surface area contributed by atoms with Gasteiger partial charge in [-0.2, -0.15) is 0 Å². The fourth-order valence-corrected chi connectivity index (χ4v) is 3.64. The highest BCUT2D eigenvalue weighted by molar-refractivity contribution is 5.51. The molecule has 0 saturated carbocycles. The van der Waals surface area contributed by atoms with Crippen molar-refractivity contribution in [1.82, 2.24) is 5.32 Å². The molecule has 0 saturated heterocycles. The standard InChI is InChI=1S/C20H37N2/c1-2-4-6-10-15-20(14-9-5-3-1)22-18-12-8-7-11-16-21-17-13-19-22/h14,18,21H,1-13,15-17,19H2/q+1. The molecule has 0 fully saturated rings. The highest BCUT2D eigenvalue weighted by atomic mass is 15.0. The molecule has 126 valence electrons. The molecule has 0 spiro atoms. The van der Waals surface area contributed by atoms with Gasteiger partial charge >= 0.3 is 0 Å². The zero-order valence-corrected chi connectivity index (χ0v) is 14.6. The summed E-state index contributed by atoms with van der Waals surface area (Å²) in [5.41, 5.74) is 1.63. The van der Waals surface area contributed by atoms with E-state index in [1.165, 1.54) is 110 Å². The lowest BCUT2D eigenvalue weighted by Gasteiger charge is -2.08. The topological polar surface area (TPSA) is 15.0 Å². The van der Waals surface area contributed by atoms with E-state index < -0.39 is 0 Å². The van der Waals surface area contributed by atoms with Crippen molar-refractivity contribution in [2.75, 3.05) is 19.6 Å². The molecule has 0 unspecified atom stereocenters. The summed E-state index contributed by atoms with van der Waals surface area (Å²) < 4.78 is 2.62. The second kappa shape index (κ2) is 11.9. The second-order valence-electron chi connectivity index (χ2n) is 7.04. The van der Waals surface area contributed by atoms with Crippen molar-refractivity contribution in [3.05, 3.63) is 11.8 Å². The van der Waals surface area contributed by atoms with E-state index in [-0.39, 0.29) is 0 Å². The Balaban J connectivity index is 1.97. The first kappa shape index (κ1) is 17.7. The predicted molar refractivity (Wildman–Crippen MR) is 96.8 cm³/mol. The van der Waals surface area contributed by atoms with Gasteiger partial charge in [0.15, 0.2) is 5.70 Å². The van der Waals surface area contributed by atoms with Crippen LogP contribution >= 0.6 is 0 Å². The third-order valence-electron chi connectivity index (χ3n) is 5.05. The summed E-state index contributed by atoms with van der Waals surface area (Å²) in [5.74, 6) is 0. The van der Waals surface area contributed by atoms with E-state index in [4.69, 9.17) is 0 Å². The molecular formula is C20H37N2+. The van der Waals surface area contributed by atoms with Gasteiger partial charge in [0.25, 0.3) is 0 Å². The van der Waals surface area contributed by atoms with Crippen LogP contribution in [0, 0.1) is 0 Å². The molecule has 2 aliphatic rings. The molecule has 1 N–H and O–H groups in total. The minimum atomic E-state index is 1.18. The van der Waals surface area contributed by atoms with Crippen LogP contribution in [0.25, 0.3) is 0 Å². The summed E-state index contributed by atoms with van der Waals surface area (Å²) in [6.45, 7) is 3.60. The maximum atomic E-state index is 3.60. The highest BCUT2D eigenvalue weighted by Crippen LogP contribution is 2.18. The van der Waals surface area contributed by atoms with Crippen molar-refractivity contribution >= 4 is 6.21 Å². The summed E-state index contributed by atoms with van der Waals surface area (Å²) in [6, 6.07) is 0. The Bertz CT molecular complexity index is 310. The normalized spacial score (nSPS) is 24.4. The van der Waals surface area contributed by atoms with Crippen molar-refractivity contribution in [2.45, 2.75) is 89.9 Å². The van der Waals surface area contributed by atoms with Crippen molar-refractivity contribution in [3.63, 3.8) is 0 Å². The van der Waals surface area contributed by atoms with E-state index in [1.807, 2.05) is 0 Å². The molecule has 0 aromatic rings. The van der Waals surface area contributed by atoms with E-state index in [0.29, 0.717) is 0 Å². The first-order valence-electron chi connectivity index (χ1n) is 9.96. The van der Waals surface area contributed by atoms with Gasteiger partial charge in [-0.1, -0.05) is 38.5 Å². The molecule has 0 aromatic carbocycles. The van der Waals surface area contributed by atoms with E-state index in [0.717, 1.165) is 0 Å². The second-order valence-corrected chi connectivity index (χ2v) is 7.04. The fraction of sp³-hybridized carbons (Fsp3) is 0.850. The van der Waals surface area contributed by atoms with Gasteiger partial charge in [-0.05, 0) is 44.7 Å². The molecule has 0 amide bonds. The zero-order valence-electron chi connectivity index (χ0n) is 14.6. The van der Waals surface area contributed by atoms with Gasteiger partial charge in [0.2, 0.25) is 0 Å². The lowest BCUT2D eigenvalue weighted by molar-refractivity contribution is -0.477. The summed E-state index contributed by atoms with van der Waals surface area (Å²) >= 11 is 0. The Morgan fingerprint density at radius 1 is 0.682 bits per heavy atom. The molecule has 0 atom stereocenters. The average Bonchev–Trinajstić information content (AvgIpc) is 2.64. The largest absolute Gasteiger partial charge is 0.316 e. The molecule has 1 aliphatic carbocycles. The third-order valence-corrected chi connectivity index (χ3v) is 5.05. The van der Waals surface area contributed by atoms with Crippen LogP contribution in [0.2, 0.25) is 0 Å². The van der Waals surface area contributed by atoms with Crippen LogP contribution in [-0.4, -0.2) is 30.4 Å². The monoisotopic (exact) mass is 305 g/mol. The Morgan fingerprint density at radius 2 is 1.36 bits per heavy atom. The molecule has 0 aromatic heterocycles. The van der Waals surface area contributed by atoms with Gasteiger partial charge in [-0.15, -0.1) is 0 Å². The maximum absolute atomic E-state index is 3.60. The van der Waals surface area contributed by atoms with E-state index in [9.17, 15) is 0 Å². The number of hydrogen-bond donors (Lipinski definition) is 1. The van der Waals surface area contributed by atoms with Crippen LogP contribution in [0.5, 0.6) is 0 Å². The van der Waals surface area contributed by atoms with Crippen LogP contribution in [0.15, 0.2) is 11.8 Å². The lowest BCUT2D eigenvalue weighted by atomic mass is 10.1. The quantitative estimate of drug-likeness (QED) is 0.671. The highest BCUT2D eigenvalue weighted by Gasteiger charge is 2.13. The zero-order chi connectivity index (χ0) is 15.3. The number of rotatable bonds is 1. The smallest absolute Gasteiger partial charge is 0.176 e. The Morgan fingerprint density at radius 3 is 2.27 bits per heavy atom. The Kier molecular flexibility index (Phi) is 9.56. The summed E-state index contributed by atoms with van der Waals surface area (Å²) in [5, 5.41) is 3.60. The van der Waals surface area contributed by atoms with Crippen LogP contribution in [0.4, 0.5) is 0 Å². The summed E-state index contributed by atoms with van der Waals surface area (Å²) in [6.07, 6.45) is 24.2. The van der Waals surface area contributed by atoms with E-state index >= 15 is 0 Å². The van der Waals surface area contributed by atoms with Crippen molar-refractivity contribution in [1.29, 1.82) is 0 Å². The molecule has 0 radical (unpaired) electrons. The van der Waals surface area contributed by atoms with Gasteiger partial charge in [0.05, 0.1) is 0 Å². The van der Waals surface area contributed by atoms with Gasteiger partial charge in [-0.25, -0.2) is 4.58 Å². The van der Waals surface area contributed by atoms with Crippen molar-refractivity contribution < 1.29 is 4.58 Å². The number of nitrogens with zero attached hydrogens (tertiary/aromatic N) is 1. The van der Waals surface area contributed by atoms with Crippen LogP contribution in [0.3, 0.4) is 0 Å². The molecular weight excluding hydrogens is 268 g/mol. The first-order valence-corrected chi connectivity index (χ1v) is 9.96. The minimum absolute atomic E-state index is 1.18. The lowest BCUT2D eigenvalue weighted by Crippen LogP contribution is -2.21. The number of hydrogen-bond acceptors (Lipinski definition) is 1. The Hall–Kier alpha value is -0.630. The minimum Gasteiger partial charge on any atom is -0.316 e. The van der Waals surface area contributed by atoms with Crippen LogP contribution < -0.4 is 5.32 Å². The number of nitrogens with one attached hydrogen (secondary N) is 1. The fourth-order valence-electron chi connectivity index (χ4n) is 3.64. The molecule has 0 bridgehead atoms. The predicted octanol–water partition coefficient (Wildman–Crippen LogP) is 5.03. The van der Waals surface area contributed by atoms with Crippen molar-refractivity contribution in [3.8, 4) is 0 Å². The summed E-state index contributed by atoms with van der Waals surface area (Å²) in [7, 11) is 0. The average molecular weight is 306 g/mol. The molecule has 2 nitrogen and oxygen atoms in total. The van der Waals surface area contributed by atoms with Gasteiger partial charge in [0, 0.05) is 25.8 Å². The van der Waals surface area contributed by atoms with Crippen molar-refractivity contribution in [2.24, 2.45) is 0 Å². The molecule has 2 rings (SSSR count).